The van der Waals surface area contributed by atoms with Gasteiger partial charge in [-0.15, -0.1) is 0 Å². The highest BCUT2D eigenvalue weighted by atomic mass is 32.2. The molecule has 0 aromatic carbocycles. The molecule has 1 saturated heterocycles. The van der Waals surface area contributed by atoms with E-state index >= 15 is 0 Å². The number of hydrogen-bond donors (Lipinski definition) is 1. The highest BCUT2D eigenvalue weighted by molar-refractivity contribution is 8.15. The third-order valence-electron chi connectivity index (χ3n) is 2.17. The number of imide groups is 1. The number of carbonyl (C=O) groups excluding carboxylic acids is 2. The summed E-state index contributed by atoms with van der Waals surface area (Å²) in [7, 11) is 0. The summed E-state index contributed by atoms with van der Waals surface area (Å²) in [5.74, 6) is -0.958. The van der Waals surface area contributed by atoms with Gasteiger partial charge in [0, 0.05) is 13.0 Å². The van der Waals surface area contributed by atoms with Crippen LogP contribution in [0.1, 0.15) is 26.7 Å². The van der Waals surface area contributed by atoms with Gasteiger partial charge in [-0.25, -0.2) is 0 Å². The van der Waals surface area contributed by atoms with Crippen LogP contribution in [-0.2, 0) is 9.59 Å². The molecule has 90 valence electrons. The summed E-state index contributed by atoms with van der Waals surface area (Å²) in [4.78, 5) is 34.9. The Morgan fingerprint density at radius 2 is 2.12 bits per heavy atom. The minimum atomic E-state index is -0.942. The lowest BCUT2D eigenvalue weighted by molar-refractivity contribution is -0.137. The normalized spacial score (nSPS) is 20.9. The Morgan fingerprint density at radius 3 is 2.62 bits per heavy atom. The van der Waals surface area contributed by atoms with Crippen LogP contribution < -0.4 is 0 Å². The molecular weight excluding hydrogens is 230 g/mol. The van der Waals surface area contributed by atoms with E-state index < -0.39 is 11.2 Å². The molecular formula is C10H15NO4S. The van der Waals surface area contributed by atoms with Crippen molar-refractivity contribution < 1.29 is 19.5 Å². The first-order chi connectivity index (χ1) is 7.41. The third-order valence-corrected chi connectivity index (χ3v) is 3.32. The van der Waals surface area contributed by atoms with Crippen molar-refractivity contribution in [3.8, 4) is 0 Å². The summed E-state index contributed by atoms with van der Waals surface area (Å²) >= 11 is 0.940. The Morgan fingerprint density at radius 1 is 1.50 bits per heavy atom. The van der Waals surface area contributed by atoms with Crippen molar-refractivity contribution in [1.82, 2.24) is 4.90 Å². The summed E-state index contributed by atoms with van der Waals surface area (Å²) in [6.07, 6.45) is 0.144. The fourth-order valence-corrected chi connectivity index (χ4v) is 2.47. The molecule has 0 saturated carbocycles. The van der Waals surface area contributed by atoms with Gasteiger partial charge >= 0.3 is 5.97 Å². The van der Waals surface area contributed by atoms with Gasteiger partial charge in [-0.1, -0.05) is 25.6 Å². The highest BCUT2D eigenvalue weighted by Crippen LogP contribution is 2.30. The number of amides is 2. The Balaban J connectivity index is 2.56. The molecule has 0 aliphatic carbocycles. The molecule has 0 spiro atoms. The first-order valence-corrected chi connectivity index (χ1v) is 6.03. The molecule has 6 heteroatoms. The van der Waals surface area contributed by atoms with Crippen molar-refractivity contribution in [2.75, 3.05) is 6.54 Å². The van der Waals surface area contributed by atoms with Crippen LogP contribution in [0, 0.1) is 5.92 Å². The van der Waals surface area contributed by atoms with E-state index in [1.807, 2.05) is 13.8 Å². The molecule has 0 aromatic heterocycles. The predicted octanol–water partition coefficient (Wildman–Crippen LogP) is 1.57. The molecule has 0 aromatic rings. The van der Waals surface area contributed by atoms with Crippen molar-refractivity contribution in [3.63, 3.8) is 0 Å². The van der Waals surface area contributed by atoms with Crippen LogP contribution >= 0.6 is 11.8 Å². The number of carboxylic acids is 1. The van der Waals surface area contributed by atoms with Gasteiger partial charge in [0.25, 0.3) is 5.24 Å². The molecule has 2 amide bonds. The van der Waals surface area contributed by atoms with Crippen LogP contribution in [0.3, 0.4) is 0 Å². The molecule has 1 aliphatic rings. The lowest BCUT2D eigenvalue weighted by Gasteiger charge is -2.15. The van der Waals surface area contributed by atoms with Crippen LogP contribution in [0.4, 0.5) is 4.79 Å². The summed E-state index contributed by atoms with van der Waals surface area (Å²) in [5, 5.41) is 7.75. The number of rotatable bonds is 5. The number of aliphatic carboxylic acids is 1. The average molecular weight is 245 g/mol. The van der Waals surface area contributed by atoms with E-state index in [0.29, 0.717) is 6.54 Å². The number of carbonyl (C=O) groups is 3. The molecule has 1 heterocycles. The standard InChI is InChI=1S/C10H15NO4S/c1-6(2)5-11-9(14)7(16-10(11)15)3-4-8(12)13/h6-7H,3-5H2,1-2H3,(H,12,13). The van der Waals surface area contributed by atoms with E-state index in [2.05, 4.69) is 0 Å². The Bertz CT molecular complexity index is 316. The Kier molecular flexibility index (Phi) is 4.35. The maximum atomic E-state index is 11.8. The molecule has 5 nitrogen and oxygen atoms in total. The first kappa shape index (κ1) is 13.0. The molecule has 1 fully saturated rings. The smallest absolute Gasteiger partial charge is 0.303 e. The van der Waals surface area contributed by atoms with Gasteiger partial charge in [0.2, 0.25) is 5.91 Å². The fourth-order valence-electron chi connectivity index (χ4n) is 1.47. The van der Waals surface area contributed by atoms with Gasteiger partial charge in [-0.05, 0) is 12.3 Å². The van der Waals surface area contributed by atoms with Gasteiger partial charge in [0.05, 0.1) is 5.25 Å². The van der Waals surface area contributed by atoms with Crippen molar-refractivity contribution >= 4 is 28.9 Å². The van der Waals surface area contributed by atoms with E-state index in [1.165, 1.54) is 4.90 Å². The second-order valence-electron chi connectivity index (χ2n) is 4.15. The van der Waals surface area contributed by atoms with Crippen molar-refractivity contribution in [3.05, 3.63) is 0 Å². The topological polar surface area (TPSA) is 74.7 Å². The van der Waals surface area contributed by atoms with Crippen LogP contribution in [0.2, 0.25) is 0 Å². The van der Waals surface area contributed by atoms with Gasteiger partial charge in [-0.2, -0.15) is 0 Å². The number of hydrogen-bond acceptors (Lipinski definition) is 4. The lowest BCUT2D eigenvalue weighted by atomic mass is 10.2. The average Bonchev–Trinajstić information content (AvgIpc) is 2.42. The van der Waals surface area contributed by atoms with Crippen molar-refractivity contribution in [1.29, 1.82) is 0 Å². The van der Waals surface area contributed by atoms with Gasteiger partial charge in [0.15, 0.2) is 0 Å². The molecule has 1 atom stereocenters. The van der Waals surface area contributed by atoms with Gasteiger partial charge in [-0.3, -0.25) is 19.3 Å². The summed E-state index contributed by atoms with van der Waals surface area (Å²) in [5.41, 5.74) is 0. The van der Waals surface area contributed by atoms with Crippen molar-refractivity contribution in [2.45, 2.75) is 31.9 Å². The summed E-state index contributed by atoms with van der Waals surface area (Å²) in [6, 6.07) is 0. The minimum absolute atomic E-state index is 0.0772. The largest absolute Gasteiger partial charge is 0.481 e. The van der Waals surface area contributed by atoms with E-state index in [-0.39, 0.29) is 29.9 Å². The maximum Gasteiger partial charge on any atom is 0.303 e. The third kappa shape index (κ3) is 3.23. The number of carboxylic acid groups (broad SMARTS) is 1. The monoisotopic (exact) mass is 245 g/mol. The fraction of sp³-hybridized carbons (Fsp3) is 0.700. The van der Waals surface area contributed by atoms with Crippen molar-refractivity contribution in [2.24, 2.45) is 5.92 Å². The SMILES string of the molecule is CC(C)CN1C(=O)SC(CCC(=O)O)C1=O. The Hall–Kier alpha value is -1.04. The number of nitrogens with zero attached hydrogens (tertiary/aromatic N) is 1. The molecule has 1 aliphatic heterocycles. The van der Waals surface area contributed by atoms with E-state index in [4.69, 9.17) is 5.11 Å². The van der Waals surface area contributed by atoms with Crippen LogP contribution in [0.15, 0.2) is 0 Å². The van der Waals surface area contributed by atoms with E-state index in [0.717, 1.165) is 11.8 Å². The van der Waals surface area contributed by atoms with Crippen LogP contribution in [0.25, 0.3) is 0 Å². The van der Waals surface area contributed by atoms with Crippen LogP contribution in [-0.4, -0.2) is 38.9 Å². The molecule has 0 radical (unpaired) electrons. The number of thioether (sulfide) groups is 1. The zero-order valence-corrected chi connectivity index (χ0v) is 10.1. The van der Waals surface area contributed by atoms with Gasteiger partial charge < -0.3 is 5.11 Å². The Labute approximate surface area is 98.2 Å². The van der Waals surface area contributed by atoms with Crippen LogP contribution in [0.5, 0.6) is 0 Å². The second-order valence-corrected chi connectivity index (χ2v) is 5.30. The van der Waals surface area contributed by atoms with E-state index in [9.17, 15) is 14.4 Å². The quantitative estimate of drug-likeness (QED) is 0.795. The zero-order valence-electron chi connectivity index (χ0n) is 9.30. The van der Waals surface area contributed by atoms with Gasteiger partial charge in [0.1, 0.15) is 0 Å². The molecule has 16 heavy (non-hydrogen) atoms. The molecule has 1 rings (SSSR count). The molecule has 0 bridgehead atoms. The predicted molar refractivity (Wildman–Crippen MR) is 60.2 cm³/mol. The minimum Gasteiger partial charge on any atom is -0.481 e. The molecule has 1 unspecified atom stereocenters. The molecule has 1 N–H and O–H groups in total. The zero-order chi connectivity index (χ0) is 12.3. The summed E-state index contributed by atoms with van der Waals surface area (Å²) < 4.78 is 0. The summed E-state index contributed by atoms with van der Waals surface area (Å²) in [6.45, 7) is 4.26. The lowest BCUT2D eigenvalue weighted by Crippen LogP contribution is -2.34. The second kappa shape index (κ2) is 5.34. The highest BCUT2D eigenvalue weighted by Gasteiger charge is 2.39. The first-order valence-electron chi connectivity index (χ1n) is 5.15. The van der Waals surface area contributed by atoms with E-state index in [1.54, 1.807) is 0 Å². The maximum absolute atomic E-state index is 11.8.